The fourth-order valence-corrected chi connectivity index (χ4v) is 12.0. The second kappa shape index (κ2) is 43.0. The van der Waals surface area contributed by atoms with E-state index in [9.17, 15) is 19.2 Å². The van der Waals surface area contributed by atoms with Crippen molar-refractivity contribution in [3.05, 3.63) is 24.3 Å². The van der Waals surface area contributed by atoms with E-state index in [0.29, 0.717) is 87.3 Å². The summed E-state index contributed by atoms with van der Waals surface area (Å²) in [6.45, 7) is 16.9. The van der Waals surface area contributed by atoms with Crippen molar-refractivity contribution in [2.75, 3.05) is 30.9 Å². The van der Waals surface area contributed by atoms with Crippen LogP contribution < -0.4 is 53.5 Å². The molecule has 0 aromatic heterocycles. The van der Waals surface area contributed by atoms with Gasteiger partial charge in [0, 0.05) is 67.6 Å². The molecule has 2 aliphatic heterocycles. The number of esters is 2. The Bertz CT molecular complexity index is 1370. The topological polar surface area (TPSA) is 124 Å². The summed E-state index contributed by atoms with van der Waals surface area (Å²) in [6.07, 6.45) is 34.9. The number of ether oxygens (including phenoxy) is 6. The van der Waals surface area contributed by atoms with E-state index in [-0.39, 0.29) is 104 Å². The fraction of sp³-hybridized carbons (Fsp3) is 0.864. The van der Waals surface area contributed by atoms with Crippen molar-refractivity contribution in [2.24, 2.45) is 35.5 Å². The second-order valence-corrected chi connectivity index (χ2v) is 21.7. The molecule has 0 aromatic carbocycles. The Morgan fingerprint density at radius 2 is 0.958 bits per heavy atom. The van der Waals surface area contributed by atoms with Crippen LogP contribution in [0, 0.1) is 35.5 Å². The second-order valence-electron chi connectivity index (χ2n) is 20.9. The molecular weight excluding hydrogens is 1150 g/mol. The van der Waals surface area contributed by atoms with Crippen molar-refractivity contribution in [3.63, 3.8) is 0 Å². The molecule has 0 bridgehead atoms. The molecule has 4 fully saturated rings. The number of halogens is 2. The number of allylic oxidation sites excluding steroid dienone is 4. The molecule has 2 aliphatic carbocycles. The van der Waals surface area contributed by atoms with Crippen LogP contribution in [0.2, 0.25) is 0 Å². The van der Waals surface area contributed by atoms with Crippen LogP contribution in [0.3, 0.4) is 0 Å². The van der Waals surface area contributed by atoms with Crippen molar-refractivity contribution in [2.45, 2.75) is 260 Å². The third-order valence-electron chi connectivity index (χ3n) is 14.7. The van der Waals surface area contributed by atoms with Gasteiger partial charge in [-0.3, -0.25) is 19.2 Å². The number of carbonyl (C=O) groups excluding carboxylic acids is 4. The summed E-state index contributed by atoms with van der Waals surface area (Å²) in [6, 6.07) is 0. The molecule has 13 heteroatoms. The molecule has 0 N–H and O–H groups in total. The molecule has 0 unspecified atom stereocenters. The summed E-state index contributed by atoms with van der Waals surface area (Å²) in [5.74, 6) is 1.67. The first-order chi connectivity index (χ1) is 32.8. The van der Waals surface area contributed by atoms with E-state index in [4.69, 9.17) is 28.4 Å². The average molecular weight is 1250 g/mol. The zero-order valence-corrected chi connectivity index (χ0v) is 51.7. The molecule has 0 amide bonds. The zero-order valence-electron chi connectivity index (χ0n) is 45.4. The van der Waals surface area contributed by atoms with Gasteiger partial charge in [-0.15, -0.1) is 0 Å². The monoisotopic (exact) mass is 1250 g/mol. The van der Waals surface area contributed by atoms with E-state index in [1.807, 2.05) is 27.7 Å². The summed E-state index contributed by atoms with van der Waals surface area (Å²) in [5, 5.41) is 0. The van der Waals surface area contributed by atoms with Crippen LogP contribution in [0.1, 0.15) is 237 Å². The minimum atomic E-state index is -0.432. The van der Waals surface area contributed by atoms with Gasteiger partial charge in [-0.25, -0.2) is 0 Å². The molecule has 2 heterocycles. The van der Waals surface area contributed by atoms with E-state index >= 15 is 0 Å². The fourth-order valence-electron chi connectivity index (χ4n) is 11.0. The largest absolute Gasteiger partial charge is 1.00 e. The summed E-state index contributed by atoms with van der Waals surface area (Å²) in [7, 11) is 0. The number of Topliss-reactive ketones (excluding diaryl/α,β-unsaturated/α-hetero) is 2. The molecule has 0 aromatic rings. The predicted octanol–water partition coefficient (Wildman–Crippen LogP) is 9.64. The third kappa shape index (κ3) is 28.6. The molecular formula is C59H105I2NaO10. The van der Waals surface area contributed by atoms with Crippen LogP contribution in [0.4, 0.5) is 0 Å². The van der Waals surface area contributed by atoms with Crippen LogP contribution in [0.15, 0.2) is 24.3 Å². The van der Waals surface area contributed by atoms with Gasteiger partial charge in [-0.2, -0.15) is 0 Å². The summed E-state index contributed by atoms with van der Waals surface area (Å²) < 4.78 is 36.0. The first-order valence-corrected chi connectivity index (χ1v) is 29.2. The van der Waals surface area contributed by atoms with Gasteiger partial charge in [0.05, 0.1) is 38.6 Å². The van der Waals surface area contributed by atoms with Gasteiger partial charge < -0.3 is 52.4 Å². The number of carbonyl (C=O) groups is 4. The molecule has 2 saturated carbocycles. The minimum absolute atomic E-state index is 0. The number of hydrogen-bond donors (Lipinski definition) is 0. The molecule has 4 aliphatic rings. The molecule has 10 nitrogen and oxygen atoms in total. The molecule has 6 atom stereocenters. The maximum atomic E-state index is 12.9. The van der Waals surface area contributed by atoms with Crippen LogP contribution in [0.25, 0.3) is 0 Å². The van der Waals surface area contributed by atoms with E-state index in [0.717, 1.165) is 101 Å². The maximum absolute atomic E-state index is 12.9. The average Bonchev–Trinajstić information content (AvgIpc) is 4.10. The van der Waals surface area contributed by atoms with E-state index < -0.39 is 11.6 Å². The van der Waals surface area contributed by atoms with Crippen LogP contribution in [-0.2, 0) is 47.6 Å². The molecule has 72 heavy (non-hydrogen) atoms. The van der Waals surface area contributed by atoms with Gasteiger partial charge in [0.15, 0.2) is 11.6 Å². The molecule has 0 spiro atoms. The minimum Gasteiger partial charge on any atom is -1.00 e. The predicted molar refractivity (Wildman–Crippen MR) is 295 cm³/mol. The number of alkyl halides is 1. The smallest absolute Gasteiger partial charge is 1.00 e. The molecule has 4 rings (SSSR count). The summed E-state index contributed by atoms with van der Waals surface area (Å²) in [5.41, 5.74) is 0. The van der Waals surface area contributed by atoms with E-state index in [1.165, 1.54) is 51.4 Å². The summed E-state index contributed by atoms with van der Waals surface area (Å²) in [4.78, 5) is 49.0. The Balaban J connectivity index is 0. The number of rotatable bonds is 34. The number of ketones is 2. The van der Waals surface area contributed by atoms with Gasteiger partial charge >= 0.3 is 41.5 Å². The third-order valence-corrected chi connectivity index (χ3v) is 15.9. The van der Waals surface area contributed by atoms with Crippen molar-refractivity contribution in [1.29, 1.82) is 0 Å². The standard InChI is InChI=1S/C29H50O5.C28H47IO5.2CH4.HI.Na/c1-5-7-8-11-14-18-29(32-20-21-33-29)19-17-25-24(6-2)22-27(30)26(25)15-12-9-10-13-16-28(31)34-23(3)4;1-4-5-6-9-12-16-28(32-18-19-33-28)17-15-24-23(21-29)20-26(30)25(24)13-10-7-8-11-14-27(31)34-22(2)3;;;;/h9,12,23-26H,5-8,10-11,13-22H2,1-4H3;7,10,22-25H,4-6,8-9,11-21H2,1-3H3;2*1H4;1H;/q;;;;;+1/p-1/t24-,25+,26-;23-,24-,25+;;;;/m10..../s1. The first-order valence-electron chi connectivity index (χ1n) is 27.7. The van der Waals surface area contributed by atoms with Crippen molar-refractivity contribution < 1.29 is 101 Å². The Morgan fingerprint density at radius 1 is 0.583 bits per heavy atom. The summed E-state index contributed by atoms with van der Waals surface area (Å²) >= 11 is 2.45. The normalized spacial score (nSPS) is 23.1. The molecule has 2 saturated heterocycles. The van der Waals surface area contributed by atoms with Gasteiger partial charge in [0.2, 0.25) is 0 Å². The Labute approximate surface area is 494 Å². The molecule has 416 valence electrons. The Morgan fingerprint density at radius 3 is 1.32 bits per heavy atom. The van der Waals surface area contributed by atoms with Crippen molar-refractivity contribution in [1.82, 2.24) is 0 Å². The van der Waals surface area contributed by atoms with Gasteiger partial charge in [-0.05, 0) is 116 Å². The zero-order chi connectivity index (χ0) is 49.6. The van der Waals surface area contributed by atoms with Crippen LogP contribution in [0.5, 0.6) is 0 Å². The quantitative estimate of drug-likeness (QED) is 0.0154. The Hall–Kier alpha value is 0.0600. The van der Waals surface area contributed by atoms with Gasteiger partial charge in [-0.1, -0.05) is 140 Å². The van der Waals surface area contributed by atoms with Gasteiger partial charge in [0.1, 0.15) is 11.6 Å². The van der Waals surface area contributed by atoms with Crippen LogP contribution >= 0.6 is 22.6 Å². The first kappa shape index (κ1) is 74.1. The molecule has 0 radical (unpaired) electrons. The van der Waals surface area contributed by atoms with Gasteiger partial charge in [0.25, 0.3) is 0 Å². The van der Waals surface area contributed by atoms with E-state index in [2.05, 4.69) is 67.7 Å². The van der Waals surface area contributed by atoms with Crippen LogP contribution in [-0.4, -0.2) is 78.1 Å². The SMILES string of the molecule is C.C.CCCCCCCC1(CC[C@H]2[C@H](CC)CC(=O)[C@@H]2CC=CCCCC(=O)OC(C)C)OCCO1.CCCCCCCC1(CC[C@H]2[C@H](CI)CC(=O)[C@@H]2CC=CCCCC(=O)OC(C)C)OCCO1.[I-].[Na+]. The number of unbranched alkanes of at least 4 members (excludes halogenated alkanes) is 10. The maximum Gasteiger partial charge on any atom is 1.00 e. The number of hydrogen-bond acceptors (Lipinski definition) is 10. The Kier molecular flexibility index (Phi) is 44.3. The van der Waals surface area contributed by atoms with E-state index in [1.54, 1.807) is 0 Å². The van der Waals surface area contributed by atoms with Crippen molar-refractivity contribution >= 4 is 46.1 Å². The van der Waals surface area contributed by atoms with Crippen molar-refractivity contribution in [3.8, 4) is 0 Å².